The van der Waals surface area contributed by atoms with Gasteiger partial charge < -0.3 is 4.43 Å². The number of rotatable bonds is 3. The molecule has 0 amide bonds. The van der Waals surface area contributed by atoms with Crippen LogP contribution in [0, 0.1) is 0 Å². The monoisotopic (exact) mass is 324 g/mol. The molecule has 1 aliphatic heterocycles. The highest BCUT2D eigenvalue weighted by atomic mass is 32.2. The van der Waals surface area contributed by atoms with Crippen molar-refractivity contribution in [2.45, 2.75) is 50.2 Å². The molecule has 1 aromatic rings. The van der Waals surface area contributed by atoms with Crippen LogP contribution in [0.5, 0.6) is 0 Å². The molecule has 1 aromatic carbocycles. The van der Waals surface area contributed by atoms with Gasteiger partial charge in [0.25, 0.3) is 0 Å². The Balaban J connectivity index is 2.32. The summed E-state index contributed by atoms with van der Waals surface area (Å²) >= 11 is 1.74. The number of Topliss-reactive ketones (excluding diaryl/α,β-unsaturated/α-hetero) is 1. The Bertz CT molecular complexity index is 537. The minimum Gasteiger partial charge on any atom is -0.407 e. The quantitative estimate of drug-likeness (QED) is 0.772. The lowest BCUT2D eigenvalue weighted by Crippen LogP contribution is -2.61. The van der Waals surface area contributed by atoms with Crippen molar-refractivity contribution in [3.8, 4) is 0 Å². The van der Waals surface area contributed by atoms with E-state index in [1.165, 1.54) is 0 Å². The Labute approximate surface area is 128 Å². The third-order valence-corrected chi connectivity index (χ3v) is 21.5. The lowest BCUT2D eigenvalue weighted by molar-refractivity contribution is 0.0574. The van der Waals surface area contributed by atoms with Crippen molar-refractivity contribution in [2.75, 3.05) is 5.75 Å². The van der Waals surface area contributed by atoms with Gasteiger partial charge in [0.2, 0.25) is 0 Å². The molecule has 0 radical (unpaired) electrons. The molecule has 0 aliphatic carbocycles. The molecule has 1 unspecified atom stereocenters. The maximum absolute atomic E-state index is 12.8. The Hall–Kier alpha value is -0.366. The minimum atomic E-state index is -1.82. The van der Waals surface area contributed by atoms with E-state index in [0.29, 0.717) is 0 Å². The van der Waals surface area contributed by atoms with Crippen LogP contribution in [0.2, 0.25) is 32.7 Å². The van der Waals surface area contributed by atoms with E-state index in [1.54, 1.807) is 11.8 Å². The molecule has 2 nitrogen and oxygen atoms in total. The van der Waals surface area contributed by atoms with Gasteiger partial charge in [0, 0.05) is 16.2 Å². The molecule has 2 rings (SSSR count). The minimum absolute atomic E-state index is 0.158. The average molecular weight is 325 g/mol. The van der Waals surface area contributed by atoms with E-state index < -0.39 is 21.0 Å². The largest absolute Gasteiger partial charge is 0.407 e. The molecule has 110 valence electrons. The number of thioether (sulfide) groups is 1. The van der Waals surface area contributed by atoms with Crippen LogP contribution in [0.3, 0.4) is 0 Å². The lowest BCUT2D eigenvalue weighted by Gasteiger charge is -2.44. The first-order valence-electron chi connectivity index (χ1n) is 7.04. The molecule has 1 atom stereocenters. The topological polar surface area (TPSA) is 26.3 Å². The normalized spacial score (nSPS) is 23.6. The summed E-state index contributed by atoms with van der Waals surface area (Å²) in [7, 11) is -3.20. The number of carbonyl (C=O) groups excluding carboxylic acids is 1. The van der Waals surface area contributed by atoms with Crippen molar-refractivity contribution in [3.05, 3.63) is 29.8 Å². The van der Waals surface area contributed by atoms with Crippen molar-refractivity contribution >= 4 is 33.0 Å². The Kier molecular flexibility index (Phi) is 4.10. The van der Waals surface area contributed by atoms with Crippen molar-refractivity contribution in [1.82, 2.24) is 0 Å². The number of fused-ring (bicyclic) bond motifs is 1. The van der Waals surface area contributed by atoms with Crippen LogP contribution in [0.4, 0.5) is 0 Å². The molecule has 0 fully saturated rings. The summed E-state index contributed by atoms with van der Waals surface area (Å²) in [5, 5.41) is 0. The maximum atomic E-state index is 12.8. The third-order valence-electron chi connectivity index (χ3n) is 4.40. The van der Waals surface area contributed by atoms with Gasteiger partial charge in [-0.05, 0) is 26.1 Å². The highest BCUT2D eigenvalue weighted by Crippen LogP contribution is 2.39. The zero-order chi connectivity index (χ0) is 15.2. The zero-order valence-corrected chi connectivity index (χ0v) is 16.1. The van der Waals surface area contributed by atoms with Gasteiger partial charge in [-0.1, -0.05) is 37.8 Å². The molecule has 0 aromatic heterocycles. The van der Waals surface area contributed by atoms with Crippen LogP contribution in [-0.4, -0.2) is 32.6 Å². The lowest BCUT2D eigenvalue weighted by atomic mass is 9.96. The van der Waals surface area contributed by atoms with E-state index in [4.69, 9.17) is 4.43 Å². The Morgan fingerprint density at radius 1 is 1.15 bits per heavy atom. The van der Waals surface area contributed by atoms with Crippen LogP contribution < -0.4 is 0 Å². The highest BCUT2D eigenvalue weighted by Gasteiger charge is 2.48. The first-order chi connectivity index (χ1) is 9.07. The number of carbonyl (C=O) groups is 1. The van der Waals surface area contributed by atoms with E-state index in [9.17, 15) is 4.79 Å². The molecule has 5 heteroatoms. The highest BCUT2D eigenvalue weighted by molar-refractivity contribution is 7.99. The predicted molar refractivity (Wildman–Crippen MR) is 91.8 cm³/mol. The summed E-state index contributed by atoms with van der Waals surface area (Å²) in [4.78, 5) is 13.9. The van der Waals surface area contributed by atoms with Gasteiger partial charge in [0.1, 0.15) is 5.60 Å². The SMILES string of the molecule is CC1(O[Si](C)(C)[Si](C)(C)C)CSc2ccccc2C1=O. The first-order valence-corrected chi connectivity index (χ1v) is 15.4. The molecule has 0 saturated carbocycles. The molecule has 20 heavy (non-hydrogen) atoms. The van der Waals surface area contributed by atoms with Crippen LogP contribution >= 0.6 is 11.8 Å². The van der Waals surface area contributed by atoms with Gasteiger partial charge in [-0.15, -0.1) is 11.8 Å². The predicted octanol–water partition coefficient (Wildman–Crippen LogP) is 4.37. The number of benzene rings is 1. The fraction of sp³-hybridized carbons (Fsp3) is 0.533. The van der Waals surface area contributed by atoms with Gasteiger partial charge in [0.05, 0.1) is 7.59 Å². The molecule has 1 heterocycles. The van der Waals surface area contributed by atoms with Gasteiger partial charge in [-0.25, -0.2) is 0 Å². The van der Waals surface area contributed by atoms with Crippen LogP contribution in [0.25, 0.3) is 0 Å². The van der Waals surface area contributed by atoms with Crippen molar-refractivity contribution < 1.29 is 9.22 Å². The summed E-state index contributed by atoms with van der Waals surface area (Å²) in [5.41, 5.74) is 0.168. The zero-order valence-electron chi connectivity index (χ0n) is 13.2. The van der Waals surface area contributed by atoms with Crippen molar-refractivity contribution in [2.24, 2.45) is 0 Å². The molecule has 0 N–H and O–H groups in total. The molecule has 1 aliphatic rings. The van der Waals surface area contributed by atoms with Gasteiger partial charge in [-0.2, -0.15) is 0 Å². The number of hydrogen-bond acceptors (Lipinski definition) is 3. The fourth-order valence-electron chi connectivity index (χ4n) is 2.14. The summed E-state index contributed by atoms with van der Waals surface area (Å²) in [6, 6.07) is 7.88. The Morgan fingerprint density at radius 3 is 2.35 bits per heavy atom. The average Bonchev–Trinajstić information content (AvgIpc) is 2.33. The summed E-state index contributed by atoms with van der Waals surface area (Å²) in [6.45, 7) is 13.5. The second-order valence-corrected chi connectivity index (χ2v) is 24.1. The molecule has 0 bridgehead atoms. The first kappa shape index (κ1) is 16.0. The van der Waals surface area contributed by atoms with Gasteiger partial charge >= 0.3 is 0 Å². The van der Waals surface area contributed by atoms with E-state index in [0.717, 1.165) is 16.2 Å². The van der Waals surface area contributed by atoms with Gasteiger partial charge in [0.15, 0.2) is 13.6 Å². The number of ketones is 1. The molecule has 0 spiro atoms. The summed E-state index contributed by atoms with van der Waals surface area (Å²) in [5.74, 6) is 0.884. The standard InChI is InChI=1S/C15H24O2SSi2/c1-15(17-20(5,6)19(2,3)4)11-18-13-10-8-7-9-12(13)14(15)16/h7-10H,11H2,1-6H3. The fourth-order valence-corrected chi connectivity index (χ4v) is 6.55. The van der Waals surface area contributed by atoms with Crippen molar-refractivity contribution in [1.29, 1.82) is 0 Å². The van der Waals surface area contributed by atoms with Crippen molar-refractivity contribution in [3.63, 3.8) is 0 Å². The summed E-state index contributed by atoms with van der Waals surface area (Å²) in [6.07, 6.45) is 0. The van der Waals surface area contributed by atoms with Crippen LogP contribution in [-0.2, 0) is 4.43 Å². The van der Waals surface area contributed by atoms with Gasteiger partial charge in [-0.3, -0.25) is 4.79 Å². The number of hydrogen-bond donors (Lipinski definition) is 0. The second kappa shape index (κ2) is 5.12. The van der Waals surface area contributed by atoms with E-state index in [-0.39, 0.29) is 5.78 Å². The van der Waals surface area contributed by atoms with Crippen LogP contribution in [0.1, 0.15) is 17.3 Å². The Morgan fingerprint density at radius 2 is 1.75 bits per heavy atom. The molecular formula is C15H24O2SSi2. The van der Waals surface area contributed by atoms with E-state index >= 15 is 0 Å². The second-order valence-electron chi connectivity index (χ2n) is 7.21. The van der Waals surface area contributed by atoms with Crippen LogP contribution in [0.15, 0.2) is 29.2 Å². The maximum Gasteiger partial charge on any atom is 0.195 e. The van der Waals surface area contributed by atoms with E-state index in [1.807, 2.05) is 31.2 Å². The third kappa shape index (κ3) is 2.81. The smallest absolute Gasteiger partial charge is 0.195 e. The van der Waals surface area contributed by atoms with E-state index in [2.05, 4.69) is 32.7 Å². The molecule has 0 saturated heterocycles. The summed E-state index contributed by atoms with van der Waals surface area (Å²) < 4.78 is 6.53. The molecular weight excluding hydrogens is 300 g/mol.